The Hall–Kier alpha value is -2.84. The predicted octanol–water partition coefficient (Wildman–Crippen LogP) is 5.43. The lowest BCUT2D eigenvalue weighted by atomic mass is 10.0. The molecule has 1 aliphatic heterocycles. The van der Waals surface area contributed by atoms with Gasteiger partial charge < -0.3 is 4.90 Å². The van der Waals surface area contributed by atoms with Crippen LogP contribution in [0, 0.1) is 0 Å². The lowest BCUT2D eigenvalue weighted by Crippen LogP contribution is -2.25. The molecule has 3 aromatic carbocycles. The highest BCUT2D eigenvalue weighted by atomic mass is 35.5. The van der Waals surface area contributed by atoms with E-state index < -0.39 is 0 Å². The van der Waals surface area contributed by atoms with E-state index >= 15 is 0 Å². The number of carbonyl (C=O) groups excluding carboxylic acids is 1. The first-order chi connectivity index (χ1) is 12.2. The minimum absolute atomic E-state index is 0.00460. The number of para-hydroxylation sites is 1. The molecule has 3 aromatic rings. The molecular weight excluding hydrogens is 330 g/mol. The van der Waals surface area contributed by atoms with E-state index in [2.05, 4.69) is 0 Å². The number of benzene rings is 3. The van der Waals surface area contributed by atoms with E-state index in [1.54, 1.807) is 4.90 Å². The summed E-state index contributed by atoms with van der Waals surface area (Å²) in [6.07, 6.45) is 1.95. The van der Waals surface area contributed by atoms with Gasteiger partial charge in [-0.15, -0.1) is 0 Å². The Morgan fingerprint density at radius 2 is 1.52 bits per heavy atom. The molecule has 25 heavy (non-hydrogen) atoms. The maximum atomic E-state index is 13.1. The highest BCUT2D eigenvalue weighted by Gasteiger charge is 2.32. The fourth-order valence-corrected chi connectivity index (χ4v) is 3.31. The highest BCUT2D eigenvalue weighted by molar-refractivity contribution is 6.36. The molecule has 1 heterocycles. The Balaban J connectivity index is 1.77. The highest BCUT2D eigenvalue weighted by Crippen LogP contribution is 2.39. The number of carbonyl (C=O) groups is 1. The Morgan fingerprint density at radius 1 is 0.840 bits per heavy atom. The molecule has 0 aromatic heterocycles. The number of hydrogen-bond donors (Lipinski definition) is 0. The number of hydrogen-bond acceptors (Lipinski definition) is 1. The Labute approximate surface area is 152 Å². The summed E-state index contributed by atoms with van der Waals surface area (Å²) in [5.41, 5.74) is 4.56. The van der Waals surface area contributed by atoms with Crippen LogP contribution in [0.5, 0.6) is 0 Å². The maximum Gasteiger partial charge on any atom is 0.259 e. The van der Waals surface area contributed by atoms with Gasteiger partial charge in [0.15, 0.2) is 0 Å². The molecule has 0 saturated carbocycles. The molecule has 4 rings (SSSR count). The predicted molar refractivity (Wildman–Crippen MR) is 103 cm³/mol. The smallest absolute Gasteiger partial charge is 0.259 e. The summed E-state index contributed by atoms with van der Waals surface area (Å²) in [5, 5.41) is 0.674. The van der Waals surface area contributed by atoms with Gasteiger partial charge in [0.2, 0.25) is 0 Å². The van der Waals surface area contributed by atoms with Crippen LogP contribution in [0.25, 0.3) is 11.6 Å². The van der Waals surface area contributed by atoms with Gasteiger partial charge in [0, 0.05) is 16.2 Å². The summed E-state index contributed by atoms with van der Waals surface area (Å²) >= 11 is 6.29. The second-order valence-electron chi connectivity index (χ2n) is 5.97. The summed E-state index contributed by atoms with van der Waals surface area (Å²) in [6.45, 7) is 0.460. The molecule has 0 radical (unpaired) electrons. The minimum atomic E-state index is 0.00460. The van der Waals surface area contributed by atoms with Crippen LogP contribution in [0.3, 0.4) is 0 Å². The summed E-state index contributed by atoms with van der Waals surface area (Å²) in [6, 6.07) is 25.4. The first-order valence-corrected chi connectivity index (χ1v) is 8.53. The van der Waals surface area contributed by atoms with Gasteiger partial charge in [0.1, 0.15) is 0 Å². The van der Waals surface area contributed by atoms with Crippen molar-refractivity contribution in [3.63, 3.8) is 0 Å². The van der Waals surface area contributed by atoms with Crippen molar-refractivity contribution in [2.75, 3.05) is 4.90 Å². The first kappa shape index (κ1) is 15.7. The van der Waals surface area contributed by atoms with Gasteiger partial charge in [-0.1, -0.05) is 78.3 Å². The molecule has 0 aliphatic carbocycles. The molecule has 1 aliphatic rings. The van der Waals surface area contributed by atoms with E-state index in [9.17, 15) is 4.79 Å². The van der Waals surface area contributed by atoms with Crippen LogP contribution in [0.15, 0.2) is 78.9 Å². The van der Waals surface area contributed by atoms with Crippen molar-refractivity contribution in [2.45, 2.75) is 6.54 Å². The van der Waals surface area contributed by atoms with Gasteiger partial charge in [-0.25, -0.2) is 0 Å². The third-order valence-corrected chi connectivity index (χ3v) is 4.73. The fraction of sp³-hybridized carbons (Fsp3) is 0.0455. The van der Waals surface area contributed by atoms with E-state index in [0.717, 1.165) is 22.4 Å². The fourth-order valence-electron chi connectivity index (χ4n) is 3.12. The van der Waals surface area contributed by atoms with Crippen LogP contribution in [0.4, 0.5) is 5.69 Å². The first-order valence-electron chi connectivity index (χ1n) is 8.15. The molecule has 3 heteroatoms. The molecule has 0 fully saturated rings. The molecule has 0 unspecified atom stereocenters. The zero-order valence-corrected chi connectivity index (χ0v) is 14.3. The quantitative estimate of drug-likeness (QED) is 0.580. The molecule has 122 valence electrons. The maximum absolute atomic E-state index is 13.1. The van der Waals surface area contributed by atoms with Gasteiger partial charge in [-0.2, -0.15) is 0 Å². The van der Waals surface area contributed by atoms with E-state index in [1.165, 1.54) is 0 Å². The van der Waals surface area contributed by atoms with Gasteiger partial charge in [-0.3, -0.25) is 4.79 Å². The molecule has 0 N–H and O–H groups in total. The minimum Gasteiger partial charge on any atom is -0.303 e. The topological polar surface area (TPSA) is 20.3 Å². The van der Waals surface area contributed by atoms with E-state index in [0.29, 0.717) is 17.1 Å². The zero-order chi connectivity index (χ0) is 17.2. The standard InChI is InChI=1S/C22H16ClNO/c23-20-12-6-4-10-17(20)15-24-21-13-7-5-11-18(21)19(22(24)25)14-16-8-2-1-3-9-16/h1-14H,15H2/b19-14-. The average Bonchev–Trinajstić information content (AvgIpc) is 2.90. The van der Waals surface area contributed by atoms with Crippen molar-refractivity contribution >= 4 is 34.8 Å². The summed E-state index contributed by atoms with van der Waals surface area (Å²) in [4.78, 5) is 14.9. The normalized spacial score (nSPS) is 14.8. The molecule has 1 amide bonds. The average molecular weight is 346 g/mol. The third-order valence-electron chi connectivity index (χ3n) is 4.36. The summed E-state index contributed by atoms with van der Waals surface area (Å²) < 4.78 is 0. The summed E-state index contributed by atoms with van der Waals surface area (Å²) in [5.74, 6) is 0.00460. The largest absolute Gasteiger partial charge is 0.303 e. The van der Waals surface area contributed by atoms with Crippen LogP contribution >= 0.6 is 11.6 Å². The lowest BCUT2D eigenvalue weighted by molar-refractivity contribution is -0.113. The monoisotopic (exact) mass is 345 g/mol. The summed E-state index contributed by atoms with van der Waals surface area (Å²) in [7, 11) is 0. The van der Waals surface area contributed by atoms with Crippen LogP contribution in [-0.4, -0.2) is 5.91 Å². The van der Waals surface area contributed by atoms with Crippen molar-refractivity contribution < 1.29 is 4.79 Å². The van der Waals surface area contributed by atoms with E-state index in [4.69, 9.17) is 11.6 Å². The number of rotatable bonds is 3. The van der Waals surface area contributed by atoms with E-state index in [-0.39, 0.29) is 5.91 Å². The van der Waals surface area contributed by atoms with Crippen molar-refractivity contribution in [1.82, 2.24) is 0 Å². The SMILES string of the molecule is O=C1/C(=C\c2ccccc2)c2ccccc2N1Cc1ccccc1Cl. The number of fused-ring (bicyclic) bond motifs is 1. The number of nitrogens with zero attached hydrogens (tertiary/aromatic N) is 1. The number of anilines is 1. The van der Waals surface area contributed by atoms with Crippen LogP contribution < -0.4 is 4.90 Å². The van der Waals surface area contributed by atoms with Crippen molar-refractivity contribution in [2.24, 2.45) is 0 Å². The Kier molecular flexibility index (Phi) is 4.12. The lowest BCUT2D eigenvalue weighted by Gasteiger charge is -2.18. The molecule has 0 bridgehead atoms. The molecule has 2 nitrogen and oxygen atoms in total. The van der Waals surface area contributed by atoms with Crippen LogP contribution in [0.1, 0.15) is 16.7 Å². The van der Waals surface area contributed by atoms with Crippen LogP contribution in [-0.2, 0) is 11.3 Å². The molecule has 0 spiro atoms. The Morgan fingerprint density at radius 3 is 2.32 bits per heavy atom. The van der Waals surface area contributed by atoms with Gasteiger partial charge in [-0.05, 0) is 29.3 Å². The van der Waals surface area contributed by atoms with Crippen molar-refractivity contribution in [3.05, 3.63) is 101 Å². The van der Waals surface area contributed by atoms with Gasteiger partial charge >= 0.3 is 0 Å². The molecular formula is C22H16ClNO. The second-order valence-corrected chi connectivity index (χ2v) is 6.38. The van der Waals surface area contributed by atoms with Crippen molar-refractivity contribution in [1.29, 1.82) is 0 Å². The van der Waals surface area contributed by atoms with Gasteiger partial charge in [0.25, 0.3) is 5.91 Å². The van der Waals surface area contributed by atoms with Crippen molar-refractivity contribution in [3.8, 4) is 0 Å². The van der Waals surface area contributed by atoms with Gasteiger partial charge in [0.05, 0.1) is 12.2 Å². The third kappa shape index (κ3) is 2.97. The van der Waals surface area contributed by atoms with Crippen LogP contribution in [0.2, 0.25) is 5.02 Å². The second kappa shape index (κ2) is 6.58. The molecule has 0 atom stereocenters. The zero-order valence-electron chi connectivity index (χ0n) is 13.5. The number of halogens is 1. The Bertz CT molecular complexity index is 963. The van der Waals surface area contributed by atoms with E-state index in [1.807, 2.05) is 84.9 Å². The molecule has 0 saturated heterocycles. The number of amides is 1.